The van der Waals surface area contributed by atoms with Crippen LogP contribution in [0.15, 0.2) is 36.5 Å². The molecule has 6 heteroatoms. The highest BCUT2D eigenvalue weighted by molar-refractivity contribution is 5.15. The van der Waals surface area contributed by atoms with Crippen molar-refractivity contribution in [3.8, 4) is 0 Å². The first-order chi connectivity index (χ1) is 15.2. The molecule has 1 aromatic heterocycles. The lowest BCUT2D eigenvalue weighted by Gasteiger charge is -2.46. The average Bonchev–Trinajstić information content (AvgIpc) is 3.15. The van der Waals surface area contributed by atoms with E-state index in [4.69, 9.17) is 14.2 Å². The van der Waals surface area contributed by atoms with Crippen molar-refractivity contribution >= 4 is 0 Å². The van der Waals surface area contributed by atoms with Gasteiger partial charge in [-0.25, -0.2) is 0 Å². The van der Waals surface area contributed by atoms with E-state index in [-0.39, 0.29) is 11.7 Å². The molecular formula is C25H37N3O3. The summed E-state index contributed by atoms with van der Waals surface area (Å²) in [5.74, 6) is 0. The van der Waals surface area contributed by atoms with Crippen LogP contribution in [0.3, 0.4) is 0 Å². The van der Waals surface area contributed by atoms with Crippen LogP contribution < -0.4 is 0 Å². The van der Waals surface area contributed by atoms with E-state index in [9.17, 15) is 0 Å². The zero-order valence-corrected chi connectivity index (χ0v) is 19.1. The number of aryl methyl sites for hydroxylation is 2. The molecule has 2 aliphatic rings. The van der Waals surface area contributed by atoms with Crippen LogP contribution in [0.4, 0.5) is 0 Å². The predicted octanol–water partition coefficient (Wildman–Crippen LogP) is 3.96. The Morgan fingerprint density at radius 1 is 1.16 bits per heavy atom. The molecule has 2 fully saturated rings. The van der Waals surface area contributed by atoms with Crippen LogP contribution in [0.2, 0.25) is 0 Å². The minimum absolute atomic E-state index is 0.00699. The molecule has 3 heterocycles. The summed E-state index contributed by atoms with van der Waals surface area (Å²) in [6, 6.07) is 10.3. The van der Waals surface area contributed by atoms with Crippen molar-refractivity contribution in [2.75, 3.05) is 32.9 Å². The third-order valence-corrected chi connectivity index (χ3v) is 6.67. The monoisotopic (exact) mass is 427 g/mol. The number of rotatable bonds is 9. The van der Waals surface area contributed by atoms with Gasteiger partial charge < -0.3 is 14.2 Å². The Hall–Kier alpha value is -1.73. The summed E-state index contributed by atoms with van der Waals surface area (Å²) in [4.78, 5) is 2.54. The minimum atomic E-state index is -0.00699. The number of piperidine rings is 1. The number of benzene rings is 1. The molecule has 2 aromatic rings. The Kier molecular flexibility index (Phi) is 7.77. The number of ether oxygens (including phenoxy) is 3. The van der Waals surface area contributed by atoms with Crippen LogP contribution in [-0.2, 0) is 33.9 Å². The van der Waals surface area contributed by atoms with Crippen molar-refractivity contribution in [3.05, 3.63) is 53.3 Å². The van der Waals surface area contributed by atoms with Crippen molar-refractivity contribution in [1.82, 2.24) is 14.7 Å². The Morgan fingerprint density at radius 2 is 1.97 bits per heavy atom. The van der Waals surface area contributed by atoms with Gasteiger partial charge in [-0.3, -0.25) is 9.58 Å². The van der Waals surface area contributed by atoms with Gasteiger partial charge in [0, 0.05) is 51.0 Å². The number of hydrogen-bond acceptors (Lipinski definition) is 5. The second kappa shape index (κ2) is 10.7. The molecule has 0 bridgehead atoms. The fourth-order valence-corrected chi connectivity index (χ4v) is 4.75. The molecule has 0 amide bonds. The van der Waals surface area contributed by atoms with Gasteiger partial charge in [-0.15, -0.1) is 0 Å². The Morgan fingerprint density at radius 3 is 2.71 bits per heavy atom. The summed E-state index contributed by atoms with van der Waals surface area (Å²) in [5.41, 5.74) is 3.70. The quantitative estimate of drug-likeness (QED) is 0.567. The van der Waals surface area contributed by atoms with Crippen molar-refractivity contribution < 1.29 is 14.2 Å². The largest absolute Gasteiger partial charge is 0.376 e. The van der Waals surface area contributed by atoms with Crippen LogP contribution in [0.5, 0.6) is 0 Å². The molecule has 1 aromatic carbocycles. The van der Waals surface area contributed by atoms with E-state index in [0.29, 0.717) is 19.8 Å². The molecule has 2 saturated heterocycles. The van der Waals surface area contributed by atoms with Crippen LogP contribution in [0.25, 0.3) is 0 Å². The zero-order chi connectivity index (χ0) is 21.5. The number of hydrogen-bond donors (Lipinski definition) is 0. The topological polar surface area (TPSA) is 48.8 Å². The third-order valence-electron chi connectivity index (χ3n) is 6.67. The second-order valence-corrected chi connectivity index (χ2v) is 8.93. The maximum atomic E-state index is 6.31. The van der Waals surface area contributed by atoms with Crippen LogP contribution in [-0.4, -0.2) is 59.3 Å². The van der Waals surface area contributed by atoms with Crippen molar-refractivity contribution in [1.29, 1.82) is 0 Å². The molecule has 6 nitrogen and oxygen atoms in total. The SMILES string of the molecule is CCn1cc(CN2CCC3(CC2)CC(OCCOCc2ccccc2)CCO3)c(C)n1. The average molecular weight is 428 g/mol. The van der Waals surface area contributed by atoms with E-state index >= 15 is 0 Å². The maximum absolute atomic E-state index is 6.31. The van der Waals surface area contributed by atoms with Crippen LogP contribution in [0.1, 0.15) is 49.4 Å². The number of likely N-dealkylation sites (tertiary alicyclic amines) is 1. The number of nitrogens with zero attached hydrogens (tertiary/aromatic N) is 3. The molecule has 1 atom stereocenters. The molecule has 1 spiro atoms. The molecule has 0 N–H and O–H groups in total. The summed E-state index contributed by atoms with van der Waals surface area (Å²) >= 11 is 0. The normalized spacial score (nSPS) is 21.5. The number of aromatic nitrogens is 2. The molecule has 1 unspecified atom stereocenters. The molecule has 0 saturated carbocycles. The van der Waals surface area contributed by atoms with Gasteiger partial charge in [0.05, 0.1) is 37.2 Å². The van der Waals surface area contributed by atoms with Gasteiger partial charge in [-0.05, 0) is 38.7 Å². The molecule has 4 rings (SSSR count). The van der Waals surface area contributed by atoms with Gasteiger partial charge in [0.2, 0.25) is 0 Å². The first-order valence-electron chi connectivity index (χ1n) is 11.8. The highest BCUT2D eigenvalue weighted by Crippen LogP contribution is 2.36. The molecule has 170 valence electrons. The Bertz CT molecular complexity index is 800. The lowest BCUT2D eigenvalue weighted by atomic mass is 9.83. The van der Waals surface area contributed by atoms with Crippen molar-refractivity contribution in [2.45, 2.75) is 70.9 Å². The third kappa shape index (κ3) is 6.16. The van der Waals surface area contributed by atoms with Gasteiger partial charge in [0.15, 0.2) is 0 Å². The Balaban J connectivity index is 1.17. The van der Waals surface area contributed by atoms with Gasteiger partial charge in [0.1, 0.15) is 0 Å². The smallest absolute Gasteiger partial charge is 0.0731 e. The van der Waals surface area contributed by atoms with E-state index in [0.717, 1.165) is 64.2 Å². The van der Waals surface area contributed by atoms with E-state index in [1.165, 1.54) is 11.1 Å². The molecule has 2 aliphatic heterocycles. The fourth-order valence-electron chi connectivity index (χ4n) is 4.75. The van der Waals surface area contributed by atoms with E-state index < -0.39 is 0 Å². The highest BCUT2D eigenvalue weighted by atomic mass is 16.5. The lowest BCUT2D eigenvalue weighted by molar-refractivity contribution is -0.158. The summed E-state index contributed by atoms with van der Waals surface area (Å²) in [6.07, 6.45) is 6.63. The molecular weight excluding hydrogens is 390 g/mol. The summed E-state index contributed by atoms with van der Waals surface area (Å²) < 4.78 is 20.3. The lowest BCUT2D eigenvalue weighted by Crippen LogP contribution is -2.50. The summed E-state index contributed by atoms with van der Waals surface area (Å²) in [6.45, 7) is 11.0. The molecule has 31 heavy (non-hydrogen) atoms. The van der Waals surface area contributed by atoms with E-state index in [1.54, 1.807) is 0 Å². The van der Waals surface area contributed by atoms with Gasteiger partial charge in [-0.2, -0.15) is 5.10 Å². The van der Waals surface area contributed by atoms with Crippen molar-refractivity contribution in [3.63, 3.8) is 0 Å². The van der Waals surface area contributed by atoms with Crippen LogP contribution >= 0.6 is 0 Å². The van der Waals surface area contributed by atoms with Gasteiger partial charge in [0.25, 0.3) is 0 Å². The van der Waals surface area contributed by atoms with E-state index in [2.05, 4.69) is 42.2 Å². The van der Waals surface area contributed by atoms with Crippen LogP contribution in [0, 0.1) is 6.92 Å². The van der Waals surface area contributed by atoms with Crippen molar-refractivity contribution in [2.24, 2.45) is 0 Å². The highest BCUT2D eigenvalue weighted by Gasteiger charge is 2.40. The first kappa shape index (κ1) is 22.5. The minimum Gasteiger partial charge on any atom is -0.376 e. The molecule has 0 aliphatic carbocycles. The second-order valence-electron chi connectivity index (χ2n) is 8.93. The zero-order valence-electron chi connectivity index (χ0n) is 19.1. The standard InChI is InChI=1S/C25H37N3O3/c1-3-28-19-23(21(2)26-28)18-27-12-10-25(11-13-27)17-24(9-14-31-25)30-16-15-29-20-22-7-5-4-6-8-22/h4-8,19,24H,3,9-18,20H2,1-2H3. The van der Waals surface area contributed by atoms with Gasteiger partial charge >= 0.3 is 0 Å². The summed E-state index contributed by atoms with van der Waals surface area (Å²) in [7, 11) is 0. The maximum Gasteiger partial charge on any atom is 0.0731 e. The van der Waals surface area contributed by atoms with Gasteiger partial charge in [-0.1, -0.05) is 30.3 Å². The Labute approximate surface area is 186 Å². The fraction of sp³-hybridized carbons (Fsp3) is 0.640. The first-order valence-corrected chi connectivity index (χ1v) is 11.8. The molecule has 0 radical (unpaired) electrons. The summed E-state index contributed by atoms with van der Waals surface area (Å²) in [5, 5.41) is 4.59. The predicted molar refractivity (Wildman–Crippen MR) is 121 cm³/mol. The van der Waals surface area contributed by atoms with E-state index in [1.807, 2.05) is 22.9 Å².